The second kappa shape index (κ2) is 7.83. The van der Waals surface area contributed by atoms with Crippen molar-refractivity contribution in [3.8, 4) is 0 Å². The molecule has 0 saturated carbocycles. The fourth-order valence-corrected chi connectivity index (χ4v) is 3.69. The van der Waals surface area contributed by atoms with Crippen LogP contribution in [0.15, 0.2) is 24.3 Å². The van der Waals surface area contributed by atoms with Gasteiger partial charge in [0.2, 0.25) is 11.8 Å². The number of aromatic nitrogens is 1. The molecule has 7 nitrogen and oxygen atoms in total. The van der Waals surface area contributed by atoms with Crippen LogP contribution < -0.4 is 10.2 Å². The Balaban J connectivity index is 1.69. The highest BCUT2D eigenvalue weighted by molar-refractivity contribution is 7.17. The summed E-state index contributed by atoms with van der Waals surface area (Å²) in [7, 11) is 0. The van der Waals surface area contributed by atoms with Crippen molar-refractivity contribution in [3.05, 3.63) is 40.7 Å². The van der Waals surface area contributed by atoms with Gasteiger partial charge in [-0.05, 0) is 26.0 Å². The molecule has 1 saturated heterocycles. The van der Waals surface area contributed by atoms with Crippen LogP contribution in [0.5, 0.6) is 0 Å². The van der Waals surface area contributed by atoms with Crippen LogP contribution >= 0.6 is 11.3 Å². The molecule has 1 fully saturated rings. The van der Waals surface area contributed by atoms with Gasteiger partial charge in [0, 0.05) is 13.0 Å². The van der Waals surface area contributed by atoms with Gasteiger partial charge < -0.3 is 15.0 Å². The van der Waals surface area contributed by atoms with E-state index < -0.39 is 23.6 Å². The van der Waals surface area contributed by atoms with Gasteiger partial charge in [-0.3, -0.25) is 9.59 Å². The predicted octanol–water partition coefficient (Wildman–Crippen LogP) is 2.76. The van der Waals surface area contributed by atoms with E-state index in [1.54, 1.807) is 19.9 Å². The zero-order valence-corrected chi connectivity index (χ0v) is 15.6. The average Bonchev–Trinajstić information content (AvgIpc) is 3.18. The SMILES string of the molecule is CCOC(=O)c1sc(NC(=O)[C@H]2CC(=O)N(c3ccccc3F)C2)nc1C. The van der Waals surface area contributed by atoms with Crippen molar-refractivity contribution < 1.29 is 23.5 Å². The third-order valence-electron chi connectivity index (χ3n) is 4.13. The molecule has 0 radical (unpaired) electrons. The summed E-state index contributed by atoms with van der Waals surface area (Å²) in [5.74, 6) is -2.35. The van der Waals surface area contributed by atoms with E-state index in [0.717, 1.165) is 11.3 Å². The Bertz CT molecular complexity index is 898. The number of thiazole rings is 1. The van der Waals surface area contributed by atoms with Crippen LogP contribution in [-0.2, 0) is 14.3 Å². The number of nitrogens with one attached hydrogen (secondary N) is 1. The van der Waals surface area contributed by atoms with Crippen LogP contribution in [0, 0.1) is 18.7 Å². The summed E-state index contributed by atoms with van der Waals surface area (Å²) >= 11 is 1.02. The van der Waals surface area contributed by atoms with Gasteiger partial charge in [-0.15, -0.1) is 0 Å². The number of benzene rings is 1. The molecule has 1 N–H and O–H groups in total. The van der Waals surface area contributed by atoms with Crippen molar-refractivity contribution >= 4 is 39.9 Å². The maximum atomic E-state index is 13.9. The quantitative estimate of drug-likeness (QED) is 0.792. The number of rotatable bonds is 5. The second-order valence-electron chi connectivity index (χ2n) is 6.00. The lowest BCUT2D eigenvalue weighted by Crippen LogP contribution is -2.28. The molecule has 27 heavy (non-hydrogen) atoms. The van der Waals surface area contributed by atoms with Gasteiger partial charge in [0.05, 0.1) is 23.9 Å². The molecule has 1 aliphatic heterocycles. The van der Waals surface area contributed by atoms with E-state index in [0.29, 0.717) is 10.6 Å². The number of esters is 1. The van der Waals surface area contributed by atoms with Crippen LogP contribution in [0.4, 0.5) is 15.2 Å². The summed E-state index contributed by atoms with van der Waals surface area (Å²) in [6, 6.07) is 5.94. The highest BCUT2D eigenvalue weighted by atomic mass is 32.1. The second-order valence-corrected chi connectivity index (χ2v) is 7.00. The molecule has 3 rings (SSSR count). The van der Waals surface area contributed by atoms with Crippen LogP contribution in [-0.4, -0.2) is 35.9 Å². The zero-order valence-electron chi connectivity index (χ0n) is 14.8. The van der Waals surface area contributed by atoms with Crippen LogP contribution in [0.2, 0.25) is 0 Å². The van der Waals surface area contributed by atoms with E-state index in [2.05, 4.69) is 10.3 Å². The highest BCUT2D eigenvalue weighted by Crippen LogP contribution is 2.29. The summed E-state index contributed by atoms with van der Waals surface area (Å²) in [5.41, 5.74) is 0.622. The number of aryl methyl sites for hydroxylation is 1. The molecule has 2 heterocycles. The average molecular weight is 391 g/mol. The summed E-state index contributed by atoms with van der Waals surface area (Å²) < 4.78 is 18.9. The number of amides is 2. The predicted molar refractivity (Wildman–Crippen MR) is 98.3 cm³/mol. The van der Waals surface area contributed by atoms with Crippen molar-refractivity contribution in [1.29, 1.82) is 0 Å². The highest BCUT2D eigenvalue weighted by Gasteiger charge is 2.36. The molecular weight excluding hydrogens is 373 g/mol. The molecule has 1 aliphatic rings. The van der Waals surface area contributed by atoms with Gasteiger partial charge >= 0.3 is 5.97 Å². The minimum Gasteiger partial charge on any atom is -0.462 e. The van der Waals surface area contributed by atoms with Gasteiger partial charge in [0.15, 0.2) is 5.13 Å². The number of hydrogen-bond donors (Lipinski definition) is 1. The molecule has 9 heteroatoms. The molecule has 0 aliphatic carbocycles. The van der Waals surface area contributed by atoms with E-state index in [-0.39, 0.29) is 36.3 Å². The van der Waals surface area contributed by atoms with Crippen molar-refractivity contribution in [2.24, 2.45) is 5.92 Å². The largest absolute Gasteiger partial charge is 0.462 e. The number of para-hydroxylation sites is 1. The maximum Gasteiger partial charge on any atom is 0.350 e. The zero-order chi connectivity index (χ0) is 19.6. The van der Waals surface area contributed by atoms with Crippen molar-refractivity contribution in [3.63, 3.8) is 0 Å². The number of carbonyl (C=O) groups excluding carboxylic acids is 3. The van der Waals surface area contributed by atoms with Gasteiger partial charge in [0.1, 0.15) is 10.7 Å². The molecule has 1 aromatic heterocycles. The Morgan fingerprint density at radius 1 is 1.41 bits per heavy atom. The van der Waals surface area contributed by atoms with Crippen molar-refractivity contribution in [2.45, 2.75) is 20.3 Å². The summed E-state index contributed by atoms with van der Waals surface area (Å²) in [4.78, 5) is 42.3. The Morgan fingerprint density at radius 2 is 2.15 bits per heavy atom. The minimum absolute atomic E-state index is 0.0186. The smallest absolute Gasteiger partial charge is 0.350 e. The van der Waals surface area contributed by atoms with Gasteiger partial charge in [-0.2, -0.15) is 0 Å². The number of ether oxygens (including phenoxy) is 1. The van der Waals surface area contributed by atoms with Crippen LogP contribution in [0.3, 0.4) is 0 Å². The minimum atomic E-state index is -0.632. The number of carbonyl (C=O) groups is 3. The van der Waals surface area contributed by atoms with E-state index in [4.69, 9.17) is 4.74 Å². The Hall–Kier alpha value is -2.81. The first-order chi connectivity index (χ1) is 12.9. The fraction of sp³-hybridized carbons (Fsp3) is 0.333. The summed E-state index contributed by atoms with van der Waals surface area (Å²) in [6.07, 6.45) is -0.0186. The normalized spacial score (nSPS) is 16.5. The third kappa shape index (κ3) is 3.97. The van der Waals surface area contributed by atoms with Gasteiger partial charge in [-0.1, -0.05) is 23.5 Å². The Kier molecular flexibility index (Phi) is 5.50. The summed E-state index contributed by atoms with van der Waals surface area (Å²) in [5, 5.41) is 2.90. The lowest BCUT2D eigenvalue weighted by atomic mass is 10.1. The lowest BCUT2D eigenvalue weighted by molar-refractivity contribution is -0.122. The molecule has 1 aromatic carbocycles. The Labute approximate surface area is 159 Å². The van der Waals surface area contributed by atoms with E-state index >= 15 is 0 Å². The first kappa shape index (κ1) is 19.0. The van der Waals surface area contributed by atoms with Crippen LogP contribution in [0.1, 0.15) is 28.7 Å². The number of hydrogen-bond acceptors (Lipinski definition) is 6. The maximum absolute atomic E-state index is 13.9. The number of halogens is 1. The fourth-order valence-electron chi connectivity index (χ4n) is 2.83. The van der Waals surface area contributed by atoms with E-state index in [9.17, 15) is 18.8 Å². The third-order valence-corrected chi connectivity index (χ3v) is 5.18. The molecule has 0 bridgehead atoms. The van der Waals surface area contributed by atoms with Crippen molar-refractivity contribution in [2.75, 3.05) is 23.4 Å². The first-order valence-corrected chi connectivity index (χ1v) is 9.22. The first-order valence-electron chi connectivity index (χ1n) is 8.41. The van der Waals surface area contributed by atoms with E-state index in [1.807, 2.05) is 0 Å². The number of anilines is 2. The lowest BCUT2D eigenvalue weighted by Gasteiger charge is -2.17. The Morgan fingerprint density at radius 3 is 2.85 bits per heavy atom. The van der Waals surface area contributed by atoms with Crippen LogP contribution in [0.25, 0.3) is 0 Å². The topological polar surface area (TPSA) is 88.6 Å². The molecule has 2 amide bonds. The van der Waals surface area contributed by atoms with Gasteiger partial charge in [0.25, 0.3) is 0 Å². The molecule has 2 aromatic rings. The molecule has 142 valence electrons. The molecule has 1 atom stereocenters. The molecular formula is C18H18FN3O4S. The van der Waals surface area contributed by atoms with Crippen molar-refractivity contribution in [1.82, 2.24) is 4.98 Å². The monoisotopic (exact) mass is 391 g/mol. The van der Waals surface area contributed by atoms with Gasteiger partial charge in [-0.25, -0.2) is 14.2 Å². The standard InChI is InChI=1S/C18H18FN3O4S/c1-3-26-17(25)15-10(2)20-18(27-15)21-16(24)11-8-14(23)22(9-11)13-7-5-4-6-12(13)19/h4-7,11H,3,8-9H2,1-2H3,(H,20,21,24)/t11-/m0/s1. The molecule has 0 spiro atoms. The molecule has 0 unspecified atom stereocenters. The van der Waals surface area contributed by atoms with E-state index in [1.165, 1.54) is 23.1 Å². The summed E-state index contributed by atoms with van der Waals surface area (Å²) in [6.45, 7) is 3.68. The number of nitrogens with zero attached hydrogens (tertiary/aromatic N) is 2.